The average Bonchev–Trinajstić information content (AvgIpc) is 3.07. The lowest BCUT2D eigenvalue weighted by Crippen LogP contribution is -2.39. The van der Waals surface area contributed by atoms with Gasteiger partial charge in [0.2, 0.25) is 0 Å². The monoisotopic (exact) mass is 224 g/mol. The Labute approximate surface area is 95.7 Å². The van der Waals surface area contributed by atoms with Crippen LogP contribution in [-0.2, 0) is 13.0 Å². The van der Waals surface area contributed by atoms with Crippen molar-refractivity contribution in [3.63, 3.8) is 0 Å². The molecule has 1 atom stereocenters. The summed E-state index contributed by atoms with van der Waals surface area (Å²) in [4.78, 5) is 4.26. The molecule has 0 amide bonds. The van der Waals surface area contributed by atoms with Crippen molar-refractivity contribution in [1.29, 1.82) is 0 Å². The van der Waals surface area contributed by atoms with Crippen molar-refractivity contribution in [3.05, 3.63) is 12.2 Å². The van der Waals surface area contributed by atoms with Gasteiger partial charge in [-0.05, 0) is 25.7 Å². The Morgan fingerprint density at radius 1 is 1.62 bits per heavy atom. The first kappa shape index (κ1) is 11.5. The number of hydrogen-bond donors (Lipinski definition) is 2. The van der Waals surface area contributed by atoms with E-state index in [2.05, 4.69) is 10.1 Å². The highest BCUT2D eigenvalue weighted by atomic mass is 16.3. The minimum absolute atomic E-state index is 0.144. The number of aliphatic hydroxyl groups excluding tert-OH is 1. The minimum Gasteiger partial charge on any atom is -0.396 e. The van der Waals surface area contributed by atoms with Crippen LogP contribution in [0.2, 0.25) is 0 Å². The Morgan fingerprint density at radius 3 is 2.88 bits per heavy atom. The van der Waals surface area contributed by atoms with Gasteiger partial charge in [0.1, 0.15) is 12.2 Å². The van der Waals surface area contributed by atoms with Crippen LogP contribution in [0.15, 0.2) is 6.33 Å². The molecule has 0 saturated heterocycles. The van der Waals surface area contributed by atoms with E-state index in [-0.39, 0.29) is 12.0 Å². The van der Waals surface area contributed by atoms with Gasteiger partial charge in [-0.15, -0.1) is 0 Å². The van der Waals surface area contributed by atoms with Gasteiger partial charge in [0.25, 0.3) is 0 Å². The maximum atomic E-state index is 9.61. The van der Waals surface area contributed by atoms with Crippen molar-refractivity contribution < 1.29 is 5.11 Å². The molecule has 90 valence electrons. The number of nitrogens with two attached hydrogens (primary N) is 1. The first-order chi connectivity index (χ1) is 7.75. The highest BCUT2D eigenvalue weighted by Crippen LogP contribution is 2.46. The van der Waals surface area contributed by atoms with E-state index in [0.717, 1.165) is 18.8 Å². The van der Waals surface area contributed by atoms with Crippen LogP contribution in [0.1, 0.15) is 25.6 Å². The lowest BCUT2D eigenvalue weighted by Gasteiger charge is -2.30. The smallest absolute Gasteiger partial charge is 0.138 e. The SMILES string of the molecule is CCn1ncnc1CC(CN)(CO)C1CC1. The largest absolute Gasteiger partial charge is 0.396 e. The first-order valence-corrected chi connectivity index (χ1v) is 5.93. The standard InChI is InChI=1S/C11H20N4O/c1-2-15-10(13-8-14-15)5-11(6-12,7-16)9-3-4-9/h8-9,16H,2-7,12H2,1H3. The molecule has 1 aliphatic rings. The molecule has 0 radical (unpaired) electrons. The summed E-state index contributed by atoms with van der Waals surface area (Å²) >= 11 is 0. The predicted octanol–water partition coefficient (Wildman–Crippen LogP) is 0.188. The number of aryl methyl sites for hydroxylation is 1. The fourth-order valence-electron chi connectivity index (χ4n) is 2.33. The Balaban J connectivity index is 2.16. The number of aromatic nitrogens is 3. The molecule has 5 heteroatoms. The van der Waals surface area contributed by atoms with E-state index in [9.17, 15) is 5.11 Å². The fraction of sp³-hybridized carbons (Fsp3) is 0.818. The van der Waals surface area contributed by atoms with Gasteiger partial charge in [0.15, 0.2) is 0 Å². The average molecular weight is 224 g/mol. The van der Waals surface area contributed by atoms with Crippen molar-refractivity contribution >= 4 is 0 Å². The molecule has 2 rings (SSSR count). The van der Waals surface area contributed by atoms with Gasteiger partial charge >= 0.3 is 0 Å². The van der Waals surface area contributed by atoms with Crippen LogP contribution in [0.4, 0.5) is 0 Å². The normalized spacial score (nSPS) is 19.7. The summed E-state index contributed by atoms with van der Waals surface area (Å²) in [5.74, 6) is 1.50. The molecule has 0 spiro atoms. The summed E-state index contributed by atoms with van der Waals surface area (Å²) in [6.45, 7) is 3.51. The van der Waals surface area contributed by atoms with Crippen LogP contribution in [-0.4, -0.2) is 33.0 Å². The lowest BCUT2D eigenvalue weighted by atomic mass is 9.80. The second kappa shape index (κ2) is 4.51. The van der Waals surface area contributed by atoms with Crippen LogP contribution in [0.3, 0.4) is 0 Å². The molecule has 1 unspecified atom stereocenters. The topological polar surface area (TPSA) is 77.0 Å². The third-order valence-electron chi connectivity index (χ3n) is 3.67. The van der Waals surface area contributed by atoms with Crippen molar-refractivity contribution in [2.45, 2.75) is 32.7 Å². The van der Waals surface area contributed by atoms with Crippen LogP contribution in [0.25, 0.3) is 0 Å². The van der Waals surface area contributed by atoms with E-state index in [0.29, 0.717) is 12.5 Å². The third-order valence-corrected chi connectivity index (χ3v) is 3.67. The summed E-state index contributed by atoms with van der Waals surface area (Å²) in [5, 5.41) is 13.8. The molecule has 1 aliphatic carbocycles. The fourth-order valence-corrected chi connectivity index (χ4v) is 2.33. The van der Waals surface area contributed by atoms with Crippen molar-refractivity contribution in [2.75, 3.05) is 13.2 Å². The summed E-state index contributed by atoms with van der Waals surface area (Å²) in [5.41, 5.74) is 5.67. The summed E-state index contributed by atoms with van der Waals surface area (Å²) in [6.07, 6.45) is 4.67. The highest BCUT2D eigenvalue weighted by Gasteiger charge is 2.44. The molecular weight excluding hydrogens is 204 g/mol. The molecule has 1 heterocycles. The molecule has 1 saturated carbocycles. The second-order valence-electron chi connectivity index (χ2n) is 4.67. The van der Waals surface area contributed by atoms with Gasteiger partial charge < -0.3 is 10.8 Å². The Kier molecular flexibility index (Phi) is 3.25. The zero-order valence-corrected chi connectivity index (χ0v) is 9.76. The first-order valence-electron chi connectivity index (χ1n) is 5.93. The van der Waals surface area contributed by atoms with Gasteiger partial charge in [-0.2, -0.15) is 5.10 Å². The van der Waals surface area contributed by atoms with Gasteiger partial charge in [-0.1, -0.05) is 0 Å². The van der Waals surface area contributed by atoms with Gasteiger partial charge in [0.05, 0.1) is 6.61 Å². The molecule has 16 heavy (non-hydrogen) atoms. The van der Waals surface area contributed by atoms with Gasteiger partial charge in [-0.3, -0.25) is 4.68 Å². The number of hydrogen-bond acceptors (Lipinski definition) is 4. The highest BCUT2D eigenvalue weighted by molar-refractivity contribution is 5.02. The van der Waals surface area contributed by atoms with E-state index >= 15 is 0 Å². The molecule has 5 nitrogen and oxygen atoms in total. The van der Waals surface area contributed by atoms with Crippen molar-refractivity contribution in [2.24, 2.45) is 17.1 Å². The van der Waals surface area contributed by atoms with Crippen LogP contribution < -0.4 is 5.73 Å². The summed E-state index contributed by atoms with van der Waals surface area (Å²) in [6, 6.07) is 0. The summed E-state index contributed by atoms with van der Waals surface area (Å²) < 4.78 is 1.88. The molecular formula is C11H20N4O. The third kappa shape index (κ3) is 1.97. The number of rotatable bonds is 6. The second-order valence-corrected chi connectivity index (χ2v) is 4.67. The van der Waals surface area contributed by atoms with Gasteiger partial charge in [-0.25, -0.2) is 4.98 Å². The van der Waals surface area contributed by atoms with E-state index in [4.69, 9.17) is 5.73 Å². The maximum absolute atomic E-state index is 9.61. The van der Waals surface area contributed by atoms with Crippen molar-refractivity contribution in [3.8, 4) is 0 Å². The zero-order chi connectivity index (χ0) is 11.6. The van der Waals surface area contributed by atoms with E-state index in [1.165, 1.54) is 12.8 Å². The number of nitrogens with zero attached hydrogens (tertiary/aromatic N) is 3. The molecule has 1 aromatic rings. The van der Waals surface area contributed by atoms with Gasteiger partial charge in [0, 0.05) is 24.9 Å². The molecule has 1 fully saturated rings. The molecule has 0 bridgehead atoms. The van der Waals surface area contributed by atoms with E-state index in [1.54, 1.807) is 6.33 Å². The van der Waals surface area contributed by atoms with E-state index in [1.807, 2.05) is 11.6 Å². The molecule has 0 aliphatic heterocycles. The molecule has 0 aromatic carbocycles. The Morgan fingerprint density at radius 2 is 2.38 bits per heavy atom. The lowest BCUT2D eigenvalue weighted by molar-refractivity contribution is 0.105. The molecule has 3 N–H and O–H groups in total. The van der Waals surface area contributed by atoms with Crippen LogP contribution in [0, 0.1) is 11.3 Å². The zero-order valence-electron chi connectivity index (χ0n) is 9.76. The maximum Gasteiger partial charge on any atom is 0.138 e. The Hall–Kier alpha value is -0.940. The number of aliphatic hydroxyl groups is 1. The molecule has 1 aromatic heterocycles. The predicted molar refractivity (Wildman–Crippen MR) is 60.7 cm³/mol. The van der Waals surface area contributed by atoms with Crippen molar-refractivity contribution in [1.82, 2.24) is 14.8 Å². The quantitative estimate of drug-likeness (QED) is 0.723. The van der Waals surface area contributed by atoms with Crippen LogP contribution in [0.5, 0.6) is 0 Å². The van der Waals surface area contributed by atoms with E-state index < -0.39 is 0 Å². The minimum atomic E-state index is -0.181. The Bertz CT molecular complexity index is 342. The van der Waals surface area contributed by atoms with Crippen LogP contribution >= 0.6 is 0 Å². The summed E-state index contributed by atoms with van der Waals surface area (Å²) in [7, 11) is 0.